The van der Waals surface area contributed by atoms with Crippen LogP contribution in [0.4, 0.5) is 4.39 Å². The fourth-order valence-electron chi connectivity index (χ4n) is 3.56. The van der Waals surface area contributed by atoms with Crippen LogP contribution in [0.3, 0.4) is 0 Å². The second-order valence-corrected chi connectivity index (χ2v) is 6.64. The second-order valence-electron chi connectivity index (χ2n) is 6.64. The molecule has 3 heterocycles. The molecule has 4 rings (SSSR count). The van der Waals surface area contributed by atoms with Crippen LogP contribution in [0.25, 0.3) is 11.0 Å². The smallest absolute Gasteiger partial charge is 0.223 e. The van der Waals surface area contributed by atoms with Crippen LogP contribution in [0.15, 0.2) is 30.9 Å². The number of imidazole rings is 1. The number of carbonyl (C=O) groups excluding carboxylic acids is 1. The van der Waals surface area contributed by atoms with Crippen LogP contribution in [-0.2, 0) is 11.3 Å². The van der Waals surface area contributed by atoms with Gasteiger partial charge in [-0.25, -0.2) is 14.4 Å². The number of fused-ring (bicyclic) bond motifs is 1. The number of hydrogen-bond donors (Lipinski definition) is 1. The number of benzene rings is 1. The van der Waals surface area contributed by atoms with Crippen molar-refractivity contribution in [3.63, 3.8) is 0 Å². The van der Waals surface area contributed by atoms with Gasteiger partial charge in [0.15, 0.2) is 0 Å². The molecular weight excluding hydrogens is 335 g/mol. The van der Waals surface area contributed by atoms with Crippen LogP contribution >= 0.6 is 0 Å². The standard InChI is InChI=1S/C18H21FN6O/c19-13-6-7-14-15(10-13)23-18(22-14)16-4-1-2-9-25(16)17(26)5-3-8-24-12-20-11-21-24/h6-7,10-12,16H,1-5,8-9H2,(H,22,23). The zero-order chi connectivity index (χ0) is 17.9. The lowest BCUT2D eigenvalue weighted by Gasteiger charge is -2.34. The fraction of sp³-hybridized carbons (Fsp3) is 0.444. The van der Waals surface area contributed by atoms with E-state index in [2.05, 4.69) is 20.1 Å². The van der Waals surface area contributed by atoms with Crippen molar-refractivity contribution in [1.29, 1.82) is 0 Å². The SMILES string of the molecule is O=C(CCCn1cncn1)N1CCCCC1c1nc2ccc(F)cc2[nH]1. The first-order valence-electron chi connectivity index (χ1n) is 8.98. The lowest BCUT2D eigenvalue weighted by atomic mass is 10.0. The number of aryl methyl sites for hydroxylation is 1. The molecule has 136 valence electrons. The van der Waals surface area contributed by atoms with Gasteiger partial charge in [0.05, 0.1) is 17.1 Å². The van der Waals surface area contributed by atoms with Gasteiger partial charge >= 0.3 is 0 Å². The Morgan fingerprint density at radius 1 is 1.35 bits per heavy atom. The Kier molecular flexibility index (Phi) is 4.64. The van der Waals surface area contributed by atoms with Crippen molar-refractivity contribution in [3.05, 3.63) is 42.5 Å². The largest absolute Gasteiger partial charge is 0.340 e. The Hall–Kier alpha value is -2.77. The Morgan fingerprint density at radius 3 is 3.12 bits per heavy atom. The molecule has 1 amide bonds. The molecule has 7 nitrogen and oxygen atoms in total. The molecule has 1 aliphatic heterocycles. The van der Waals surface area contributed by atoms with Crippen molar-refractivity contribution in [2.75, 3.05) is 6.54 Å². The molecule has 3 aromatic rings. The summed E-state index contributed by atoms with van der Waals surface area (Å²) in [4.78, 5) is 26.4. The average molecular weight is 356 g/mol. The molecule has 2 aromatic heterocycles. The van der Waals surface area contributed by atoms with Gasteiger partial charge in [-0.3, -0.25) is 9.48 Å². The number of piperidine rings is 1. The monoisotopic (exact) mass is 356 g/mol. The maximum absolute atomic E-state index is 13.4. The third-order valence-corrected chi connectivity index (χ3v) is 4.85. The predicted octanol–water partition coefficient (Wildman–Crippen LogP) is 2.83. The Morgan fingerprint density at radius 2 is 2.27 bits per heavy atom. The Bertz CT molecular complexity index is 890. The van der Waals surface area contributed by atoms with Crippen LogP contribution in [0.2, 0.25) is 0 Å². The summed E-state index contributed by atoms with van der Waals surface area (Å²) in [7, 11) is 0. The van der Waals surface area contributed by atoms with Crippen molar-refractivity contribution in [2.24, 2.45) is 0 Å². The van der Waals surface area contributed by atoms with Gasteiger partial charge in [-0.15, -0.1) is 0 Å². The number of nitrogens with one attached hydrogen (secondary N) is 1. The number of hydrogen-bond acceptors (Lipinski definition) is 4. The van der Waals surface area contributed by atoms with Gasteiger partial charge in [-0.1, -0.05) is 0 Å². The molecule has 26 heavy (non-hydrogen) atoms. The number of carbonyl (C=O) groups is 1. The van der Waals surface area contributed by atoms with E-state index in [-0.39, 0.29) is 17.8 Å². The third kappa shape index (κ3) is 3.44. The number of rotatable bonds is 5. The van der Waals surface area contributed by atoms with E-state index in [1.807, 2.05) is 4.90 Å². The van der Waals surface area contributed by atoms with Gasteiger partial charge in [-0.2, -0.15) is 5.10 Å². The number of likely N-dealkylation sites (tertiary alicyclic amines) is 1. The van der Waals surface area contributed by atoms with E-state index in [9.17, 15) is 9.18 Å². The zero-order valence-corrected chi connectivity index (χ0v) is 14.4. The molecule has 1 aromatic carbocycles. The highest BCUT2D eigenvalue weighted by molar-refractivity contribution is 5.78. The molecule has 0 radical (unpaired) electrons. The van der Waals surface area contributed by atoms with Gasteiger partial charge in [0.2, 0.25) is 5.91 Å². The molecule has 1 aliphatic rings. The summed E-state index contributed by atoms with van der Waals surface area (Å²) in [5, 5.41) is 4.05. The molecule has 1 saturated heterocycles. The molecular formula is C18H21FN6O. The van der Waals surface area contributed by atoms with Gasteiger partial charge < -0.3 is 9.88 Å². The van der Waals surface area contributed by atoms with E-state index in [0.717, 1.165) is 43.6 Å². The lowest BCUT2D eigenvalue weighted by molar-refractivity contribution is -0.135. The third-order valence-electron chi connectivity index (χ3n) is 4.85. The minimum atomic E-state index is -0.294. The van der Waals surface area contributed by atoms with Crippen molar-refractivity contribution < 1.29 is 9.18 Å². The van der Waals surface area contributed by atoms with Crippen LogP contribution in [-0.4, -0.2) is 42.1 Å². The Balaban J connectivity index is 1.47. The van der Waals surface area contributed by atoms with Crippen molar-refractivity contribution >= 4 is 16.9 Å². The molecule has 1 unspecified atom stereocenters. The number of halogens is 1. The molecule has 8 heteroatoms. The fourth-order valence-corrected chi connectivity index (χ4v) is 3.56. The molecule has 1 atom stereocenters. The highest BCUT2D eigenvalue weighted by Crippen LogP contribution is 2.31. The van der Waals surface area contributed by atoms with E-state index in [0.29, 0.717) is 18.5 Å². The maximum atomic E-state index is 13.4. The summed E-state index contributed by atoms with van der Waals surface area (Å²) in [5.41, 5.74) is 1.40. The molecule has 1 fully saturated rings. The van der Waals surface area contributed by atoms with Crippen molar-refractivity contribution in [1.82, 2.24) is 29.6 Å². The maximum Gasteiger partial charge on any atom is 0.223 e. The summed E-state index contributed by atoms with van der Waals surface area (Å²) in [6.45, 7) is 1.41. The first-order valence-corrected chi connectivity index (χ1v) is 8.98. The normalized spacial score (nSPS) is 17.7. The summed E-state index contributed by atoms with van der Waals surface area (Å²) < 4.78 is 15.2. The second kappa shape index (κ2) is 7.23. The topological polar surface area (TPSA) is 79.7 Å². The first kappa shape index (κ1) is 16.7. The first-order chi connectivity index (χ1) is 12.7. The van der Waals surface area contributed by atoms with Crippen LogP contribution in [0.1, 0.15) is 44.0 Å². The minimum absolute atomic E-state index is 0.0712. The number of aromatic nitrogens is 5. The molecule has 0 spiro atoms. The van der Waals surface area contributed by atoms with Gasteiger partial charge in [0.1, 0.15) is 24.3 Å². The van der Waals surface area contributed by atoms with Crippen LogP contribution in [0, 0.1) is 5.82 Å². The van der Waals surface area contributed by atoms with Gasteiger partial charge in [0.25, 0.3) is 0 Å². The van der Waals surface area contributed by atoms with E-state index < -0.39 is 0 Å². The number of nitrogens with zero attached hydrogens (tertiary/aromatic N) is 5. The summed E-state index contributed by atoms with van der Waals surface area (Å²) in [5.74, 6) is 0.578. The van der Waals surface area contributed by atoms with Crippen molar-refractivity contribution in [2.45, 2.75) is 44.7 Å². The van der Waals surface area contributed by atoms with Crippen LogP contribution < -0.4 is 0 Å². The highest BCUT2D eigenvalue weighted by Gasteiger charge is 2.29. The zero-order valence-electron chi connectivity index (χ0n) is 14.4. The molecule has 0 bridgehead atoms. The quantitative estimate of drug-likeness (QED) is 0.762. The van der Waals surface area contributed by atoms with Gasteiger partial charge in [-0.05, 0) is 43.9 Å². The van der Waals surface area contributed by atoms with Crippen LogP contribution in [0.5, 0.6) is 0 Å². The molecule has 1 N–H and O–H groups in total. The van der Waals surface area contributed by atoms with E-state index in [1.54, 1.807) is 17.1 Å². The summed E-state index contributed by atoms with van der Waals surface area (Å²) in [6.07, 6.45) is 7.26. The van der Waals surface area contributed by atoms with E-state index >= 15 is 0 Å². The Labute approximate surface area is 150 Å². The van der Waals surface area contributed by atoms with Crippen molar-refractivity contribution in [3.8, 4) is 0 Å². The average Bonchev–Trinajstić information content (AvgIpc) is 3.30. The number of aromatic amines is 1. The molecule has 0 saturated carbocycles. The number of amides is 1. The van der Waals surface area contributed by atoms with E-state index in [1.165, 1.54) is 18.5 Å². The van der Waals surface area contributed by atoms with E-state index in [4.69, 9.17) is 0 Å². The van der Waals surface area contributed by atoms with Gasteiger partial charge in [0, 0.05) is 19.5 Å². The predicted molar refractivity (Wildman–Crippen MR) is 93.6 cm³/mol. The molecule has 0 aliphatic carbocycles. The summed E-state index contributed by atoms with van der Waals surface area (Å²) in [6, 6.07) is 4.44. The summed E-state index contributed by atoms with van der Waals surface area (Å²) >= 11 is 0. The lowest BCUT2D eigenvalue weighted by Crippen LogP contribution is -2.39. The minimum Gasteiger partial charge on any atom is -0.340 e. The highest BCUT2D eigenvalue weighted by atomic mass is 19.1. The number of H-pyrrole nitrogens is 1.